The van der Waals surface area contributed by atoms with E-state index < -0.39 is 0 Å². The number of hydrogen-bond acceptors (Lipinski definition) is 4. The summed E-state index contributed by atoms with van der Waals surface area (Å²) in [6.45, 7) is 0.429. The van der Waals surface area contributed by atoms with Crippen LogP contribution in [0.2, 0.25) is 0 Å². The van der Waals surface area contributed by atoms with Crippen LogP contribution in [0, 0.1) is 12.3 Å². The summed E-state index contributed by atoms with van der Waals surface area (Å²) >= 11 is 0. The Morgan fingerprint density at radius 3 is 3.09 bits per heavy atom. The van der Waals surface area contributed by atoms with Crippen LogP contribution < -0.4 is 11.1 Å². The highest BCUT2D eigenvalue weighted by molar-refractivity contribution is 5.39. The van der Waals surface area contributed by atoms with Crippen molar-refractivity contribution >= 4 is 11.6 Å². The highest BCUT2D eigenvalue weighted by Crippen LogP contribution is 2.01. The van der Waals surface area contributed by atoms with Gasteiger partial charge in [-0.15, -0.1) is 6.42 Å². The molecule has 0 saturated carbocycles. The average Bonchev–Trinajstić information content (AvgIpc) is 2.01. The van der Waals surface area contributed by atoms with Crippen LogP contribution in [0.4, 0.5) is 11.6 Å². The van der Waals surface area contributed by atoms with Gasteiger partial charge in [-0.2, -0.15) is 0 Å². The number of hydrogen-bond donors (Lipinski definition) is 2. The fourth-order valence-electron chi connectivity index (χ4n) is 0.608. The lowest BCUT2D eigenvalue weighted by Crippen LogP contribution is -2.02. The van der Waals surface area contributed by atoms with Gasteiger partial charge in [0.05, 0.1) is 18.9 Å². The first kappa shape index (κ1) is 7.35. The van der Waals surface area contributed by atoms with Gasteiger partial charge in [0.2, 0.25) is 0 Å². The number of aromatic nitrogens is 2. The molecule has 0 aliphatic rings. The minimum atomic E-state index is 0.382. The van der Waals surface area contributed by atoms with E-state index in [1.165, 1.54) is 6.20 Å². The molecule has 0 radical (unpaired) electrons. The average molecular weight is 148 g/mol. The third kappa shape index (κ3) is 2.14. The molecule has 0 atom stereocenters. The Labute approximate surface area is 64.9 Å². The normalized spacial score (nSPS) is 8.64. The van der Waals surface area contributed by atoms with E-state index >= 15 is 0 Å². The number of nitrogen functional groups attached to an aromatic ring is 1. The van der Waals surface area contributed by atoms with Gasteiger partial charge in [-0.1, -0.05) is 5.92 Å². The maximum absolute atomic E-state index is 5.37. The van der Waals surface area contributed by atoms with Crippen LogP contribution in [0.5, 0.6) is 0 Å². The first-order valence-electron chi connectivity index (χ1n) is 3.08. The molecule has 0 aromatic carbocycles. The molecule has 0 unspecified atom stereocenters. The van der Waals surface area contributed by atoms with Crippen molar-refractivity contribution in [2.75, 3.05) is 17.6 Å². The van der Waals surface area contributed by atoms with Gasteiger partial charge < -0.3 is 11.1 Å². The van der Waals surface area contributed by atoms with E-state index in [-0.39, 0.29) is 0 Å². The topological polar surface area (TPSA) is 63.8 Å². The molecule has 56 valence electrons. The van der Waals surface area contributed by atoms with Crippen molar-refractivity contribution in [2.45, 2.75) is 0 Å². The first-order chi connectivity index (χ1) is 5.33. The molecular formula is C7H8N4. The third-order valence-corrected chi connectivity index (χ3v) is 1.02. The van der Waals surface area contributed by atoms with Crippen molar-refractivity contribution < 1.29 is 0 Å². The summed E-state index contributed by atoms with van der Waals surface area (Å²) in [6.07, 6.45) is 8.06. The largest absolute Gasteiger partial charge is 0.382 e. The van der Waals surface area contributed by atoms with Gasteiger partial charge in [0, 0.05) is 0 Å². The second-order valence-electron chi connectivity index (χ2n) is 1.89. The lowest BCUT2D eigenvalue weighted by Gasteiger charge is -1.99. The van der Waals surface area contributed by atoms with Crippen molar-refractivity contribution in [2.24, 2.45) is 0 Å². The Balaban J connectivity index is 2.65. The molecule has 1 heterocycles. The van der Waals surface area contributed by atoms with E-state index in [0.29, 0.717) is 18.2 Å². The fraction of sp³-hybridized carbons (Fsp3) is 0.143. The van der Waals surface area contributed by atoms with Crippen molar-refractivity contribution in [3.63, 3.8) is 0 Å². The molecule has 0 spiro atoms. The second kappa shape index (κ2) is 3.42. The number of anilines is 2. The summed E-state index contributed by atoms with van der Waals surface area (Å²) in [5, 5.41) is 2.85. The summed E-state index contributed by atoms with van der Waals surface area (Å²) in [4.78, 5) is 7.74. The zero-order valence-electron chi connectivity index (χ0n) is 5.91. The van der Waals surface area contributed by atoms with Gasteiger partial charge in [-0.05, 0) is 0 Å². The molecule has 0 aliphatic heterocycles. The molecule has 1 aromatic heterocycles. The standard InChI is InChI=1S/C7H8N4/c1-2-3-10-7-5-9-4-6(8)11-7/h1,4-5H,3H2,(H3,8,10,11). The smallest absolute Gasteiger partial charge is 0.147 e. The SMILES string of the molecule is C#CCNc1cncc(N)n1. The molecule has 1 rings (SSSR count). The molecule has 0 bridgehead atoms. The van der Waals surface area contributed by atoms with E-state index in [1.54, 1.807) is 6.20 Å². The Bertz CT molecular complexity index is 276. The van der Waals surface area contributed by atoms with Crippen molar-refractivity contribution in [1.29, 1.82) is 0 Å². The van der Waals surface area contributed by atoms with Crippen molar-refractivity contribution in [3.8, 4) is 12.3 Å². The van der Waals surface area contributed by atoms with E-state index in [0.717, 1.165) is 0 Å². The van der Waals surface area contributed by atoms with Crippen LogP contribution in [0.25, 0.3) is 0 Å². The van der Waals surface area contributed by atoms with Crippen LogP contribution in [0.15, 0.2) is 12.4 Å². The summed E-state index contributed by atoms with van der Waals surface area (Å²) in [6, 6.07) is 0. The zero-order valence-corrected chi connectivity index (χ0v) is 5.91. The quantitative estimate of drug-likeness (QED) is 0.584. The van der Waals surface area contributed by atoms with E-state index in [9.17, 15) is 0 Å². The molecule has 0 fully saturated rings. The number of nitrogens with zero attached hydrogens (tertiary/aromatic N) is 2. The Hall–Kier alpha value is -1.76. The monoisotopic (exact) mass is 148 g/mol. The lowest BCUT2D eigenvalue weighted by molar-refractivity contribution is 1.18. The summed E-state index contributed by atoms with van der Waals surface area (Å²) in [5.74, 6) is 3.40. The number of rotatable bonds is 2. The first-order valence-corrected chi connectivity index (χ1v) is 3.08. The molecule has 0 aliphatic carbocycles. The summed E-state index contributed by atoms with van der Waals surface area (Å²) in [7, 11) is 0. The van der Waals surface area contributed by atoms with Gasteiger partial charge in [0.1, 0.15) is 11.6 Å². The predicted octanol–water partition coefficient (Wildman–Crippen LogP) is 0.104. The van der Waals surface area contributed by atoms with Gasteiger partial charge >= 0.3 is 0 Å². The van der Waals surface area contributed by atoms with Crippen LogP contribution in [-0.2, 0) is 0 Å². The maximum Gasteiger partial charge on any atom is 0.147 e. The maximum atomic E-state index is 5.37. The summed E-state index contributed by atoms with van der Waals surface area (Å²) < 4.78 is 0. The van der Waals surface area contributed by atoms with Crippen molar-refractivity contribution in [1.82, 2.24) is 9.97 Å². The van der Waals surface area contributed by atoms with Gasteiger partial charge in [-0.25, -0.2) is 4.98 Å². The minimum Gasteiger partial charge on any atom is -0.382 e. The molecule has 3 N–H and O–H groups in total. The van der Waals surface area contributed by atoms with Crippen molar-refractivity contribution in [3.05, 3.63) is 12.4 Å². The van der Waals surface area contributed by atoms with E-state index in [4.69, 9.17) is 12.2 Å². The molecule has 4 heteroatoms. The lowest BCUT2D eigenvalue weighted by atomic mass is 10.6. The fourth-order valence-corrected chi connectivity index (χ4v) is 0.608. The molecule has 4 nitrogen and oxygen atoms in total. The molecule has 0 amide bonds. The van der Waals surface area contributed by atoms with Gasteiger partial charge in [0.25, 0.3) is 0 Å². The van der Waals surface area contributed by atoms with E-state index in [1.807, 2.05) is 0 Å². The Morgan fingerprint density at radius 2 is 2.45 bits per heavy atom. The number of terminal acetylenes is 1. The van der Waals surface area contributed by atoms with Gasteiger partial charge in [-0.3, -0.25) is 4.98 Å². The highest BCUT2D eigenvalue weighted by atomic mass is 15.0. The molecule has 1 aromatic rings. The predicted molar refractivity (Wildman–Crippen MR) is 43.8 cm³/mol. The molecule has 0 saturated heterocycles. The highest BCUT2D eigenvalue weighted by Gasteiger charge is 1.91. The second-order valence-corrected chi connectivity index (χ2v) is 1.89. The van der Waals surface area contributed by atoms with Crippen LogP contribution in [0.1, 0.15) is 0 Å². The molecule has 11 heavy (non-hydrogen) atoms. The molecular weight excluding hydrogens is 140 g/mol. The van der Waals surface area contributed by atoms with Crippen LogP contribution >= 0.6 is 0 Å². The zero-order chi connectivity index (χ0) is 8.10. The summed E-state index contributed by atoms with van der Waals surface area (Å²) in [5.41, 5.74) is 5.37. The Morgan fingerprint density at radius 1 is 1.64 bits per heavy atom. The van der Waals surface area contributed by atoms with Crippen LogP contribution in [0.3, 0.4) is 0 Å². The number of nitrogens with two attached hydrogens (primary N) is 1. The minimum absolute atomic E-state index is 0.382. The van der Waals surface area contributed by atoms with Crippen LogP contribution in [-0.4, -0.2) is 16.5 Å². The van der Waals surface area contributed by atoms with Gasteiger partial charge in [0.15, 0.2) is 0 Å². The van der Waals surface area contributed by atoms with E-state index in [2.05, 4.69) is 21.2 Å². The Kier molecular flexibility index (Phi) is 2.28. The third-order valence-electron chi connectivity index (χ3n) is 1.02. The number of nitrogens with one attached hydrogen (secondary N) is 1.